The molecule has 0 saturated carbocycles. The van der Waals surface area contributed by atoms with E-state index in [1.807, 2.05) is 24.3 Å². The van der Waals surface area contributed by atoms with E-state index >= 15 is 0 Å². The van der Waals surface area contributed by atoms with E-state index in [9.17, 15) is 14.4 Å². The van der Waals surface area contributed by atoms with Gasteiger partial charge in [0, 0.05) is 22.3 Å². The summed E-state index contributed by atoms with van der Waals surface area (Å²) in [6.45, 7) is -0.415. The third-order valence-corrected chi connectivity index (χ3v) is 5.16. The minimum absolute atomic E-state index is 0.341. The molecule has 30 heavy (non-hydrogen) atoms. The monoisotopic (exact) mass is 403 g/mol. The lowest BCUT2D eigenvalue weighted by Crippen LogP contribution is -2.22. The fraction of sp³-hybridized carbons (Fsp3) is 0.217. The van der Waals surface area contributed by atoms with E-state index in [-0.39, 0.29) is 0 Å². The molecule has 0 fully saturated rings. The van der Waals surface area contributed by atoms with Gasteiger partial charge in [-0.2, -0.15) is 0 Å². The second-order valence-electron chi connectivity index (χ2n) is 7.20. The molecule has 0 atom stereocenters. The van der Waals surface area contributed by atoms with Crippen molar-refractivity contribution in [3.8, 4) is 0 Å². The fourth-order valence-electron chi connectivity index (χ4n) is 3.72. The Labute approximate surface area is 173 Å². The van der Waals surface area contributed by atoms with Crippen LogP contribution in [0.5, 0.6) is 0 Å². The Kier molecular flexibility index (Phi) is 5.43. The van der Waals surface area contributed by atoms with Gasteiger partial charge in [0.25, 0.3) is 5.91 Å². The third-order valence-electron chi connectivity index (χ3n) is 5.16. The van der Waals surface area contributed by atoms with Crippen molar-refractivity contribution in [2.75, 3.05) is 11.9 Å². The lowest BCUT2D eigenvalue weighted by Gasteiger charge is -2.19. The summed E-state index contributed by atoms with van der Waals surface area (Å²) in [5.41, 5.74) is 9.14. The van der Waals surface area contributed by atoms with Crippen LogP contribution >= 0.6 is 0 Å². The van der Waals surface area contributed by atoms with E-state index in [2.05, 4.69) is 5.32 Å². The predicted molar refractivity (Wildman–Crippen MR) is 112 cm³/mol. The maximum atomic E-state index is 12.9. The Balaban J connectivity index is 1.49. The number of anilines is 1. The number of nitrogens with one attached hydrogen (secondary N) is 1. The van der Waals surface area contributed by atoms with E-state index in [1.54, 1.807) is 12.1 Å². The highest BCUT2D eigenvalue weighted by Crippen LogP contribution is 2.29. The van der Waals surface area contributed by atoms with Crippen molar-refractivity contribution in [3.05, 3.63) is 70.9 Å². The van der Waals surface area contributed by atoms with Crippen molar-refractivity contribution in [1.29, 1.82) is 0 Å². The van der Waals surface area contributed by atoms with Gasteiger partial charge < -0.3 is 15.8 Å². The van der Waals surface area contributed by atoms with Crippen LogP contribution in [0.15, 0.2) is 48.5 Å². The average Bonchev–Trinajstić information content (AvgIpc) is 2.76. The first-order valence-electron chi connectivity index (χ1n) is 9.80. The largest absolute Gasteiger partial charge is 0.452 e. The molecular formula is C23H21N3O4. The number of nitrogens with two attached hydrogens (primary N) is 1. The maximum absolute atomic E-state index is 12.9. The molecule has 1 heterocycles. The van der Waals surface area contributed by atoms with Crippen LogP contribution in [0.4, 0.5) is 5.69 Å². The lowest BCUT2D eigenvalue weighted by molar-refractivity contribution is -0.119. The van der Waals surface area contributed by atoms with Crippen LogP contribution in [0.25, 0.3) is 10.9 Å². The molecule has 0 unspecified atom stereocenters. The highest BCUT2D eigenvalue weighted by Gasteiger charge is 2.24. The number of hydrogen-bond donors (Lipinski definition) is 2. The van der Waals surface area contributed by atoms with Gasteiger partial charge in [0.2, 0.25) is 5.91 Å². The molecule has 1 aliphatic rings. The summed E-state index contributed by atoms with van der Waals surface area (Å²) in [6.07, 6.45) is 3.65. The maximum Gasteiger partial charge on any atom is 0.339 e. The van der Waals surface area contributed by atoms with Gasteiger partial charge in [-0.05, 0) is 61.6 Å². The predicted octanol–water partition coefficient (Wildman–Crippen LogP) is 3.01. The summed E-state index contributed by atoms with van der Waals surface area (Å²) in [4.78, 5) is 41.0. The highest BCUT2D eigenvalue weighted by atomic mass is 16.5. The smallest absolute Gasteiger partial charge is 0.339 e. The number of nitrogens with zero attached hydrogens (tertiary/aromatic N) is 1. The van der Waals surface area contributed by atoms with Crippen LogP contribution in [0.2, 0.25) is 0 Å². The average molecular weight is 403 g/mol. The zero-order valence-corrected chi connectivity index (χ0v) is 16.3. The number of carbonyl (C=O) groups is 3. The second-order valence-corrected chi connectivity index (χ2v) is 7.20. The van der Waals surface area contributed by atoms with Crippen LogP contribution in [-0.4, -0.2) is 29.4 Å². The van der Waals surface area contributed by atoms with Gasteiger partial charge in [-0.15, -0.1) is 0 Å². The highest BCUT2D eigenvalue weighted by molar-refractivity contribution is 6.06. The van der Waals surface area contributed by atoms with E-state index in [1.165, 1.54) is 12.1 Å². The number of primary amides is 1. The van der Waals surface area contributed by atoms with E-state index in [4.69, 9.17) is 15.5 Å². The summed E-state index contributed by atoms with van der Waals surface area (Å²) in [6, 6.07) is 13.6. The van der Waals surface area contributed by atoms with Crippen LogP contribution < -0.4 is 11.1 Å². The summed E-state index contributed by atoms with van der Waals surface area (Å²) in [5.74, 6) is -1.54. The molecule has 0 bridgehead atoms. The van der Waals surface area contributed by atoms with Crippen LogP contribution in [0, 0.1) is 0 Å². The topological polar surface area (TPSA) is 111 Å². The molecule has 3 N–H and O–H groups in total. The molecule has 7 heteroatoms. The Morgan fingerprint density at radius 3 is 2.50 bits per heavy atom. The first-order valence-corrected chi connectivity index (χ1v) is 9.80. The van der Waals surface area contributed by atoms with Gasteiger partial charge in [0.1, 0.15) is 0 Å². The normalized spacial score (nSPS) is 12.8. The molecule has 0 spiro atoms. The number of benzene rings is 2. The molecule has 0 saturated heterocycles. The summed E-state index contributed by atoms with van der Waals surface area (Å²) in [5, 5.41) is 3.38. The zero-order chi connectivity index (χ0) is 21.1. The van der Waals surface area contributed by atoms with E-state index in [0.29, 0.717) is 16.8 Å². The number of ether oxygens (including phenoxy) is 1. The Morgan fingerprint density at radius 2 is 1.73 bits per heavy atom. The van der Waals surface area contributed by atoms with Crippen molar-refractivity contribution >= 4 is 34.4 Å². The Morgan fingerprint density at radius 1 is 1.00 bits per heavy atom. The SMILES string of the molecule is NC(=O)c1ccc(NC(=O)COC(=O)c2c3c(nc4ccccc24)CCCC3)cc1. The molecule has 2 amide bonds. The third kappa shape index (κ3) is 4.00. The van der Waals surface area contributed by atoms with Gasteiger partial charge in [-0.3, -0.25) is 14.6 Å². The fourth-order valence-corrected chi connectivity index (χ4v) is 3.72. The lowest BCUT2D eigenvalue weighted by atomic mass is 9.90. The summed E-state index contributed by atoms with van der Waals surface area (Å²) < 4.78 is 5.35. The molecule has 4 rings (SSSR count). The molecule has 0 radical (unpaired) electrons. The van der Waals surface area contributed by atoms with Gasteiger partial charge >= 0.3 is 5.97 Å². The van der Waals surface area contributed by atoms with Crippen molar-refractivity contribution in [2.24, 2.45) is 5.73 Å². The number of pyridine rings is 1. The van der Waals surface area contributed by atoms with Gasteiger partial charge in [0.05, 0.1) is 11.1 Å². The second kappa shape index (κ2) is 8.32. The van der Waals surface area contributed by atoms with Gasteiger partial charge in [-0.1, -0.05) is 18.2 Å². The molecule has 1 aromatic heterocycles. The first kappa shape index (κ1) is 19.6. The number of amides is 2. The van der Waals surface area contributed by atoms with Crippen molar-refractivity contribution in [1.82, 2.24) is 4.98 Å². The van der Waals surface area contributed by atoms with E-state index < -0.39 is 24.4 Å². The number of aromatic nitrogens is 1. The Bertz CT molecular complexity index is 1140. The van der Waals surface area contributed by atoms with Gasteiger partial charge in [-0.25, -0.2) is 4.79 Å². The number of carbonyl (C=O) groups excluding carboxylic acids is 3. The molecule has 7 nitrogen and oxygen atoms in total. The van der Waals surface area contributed by atoms with E-state index in [0.717, 1.165) is 47.8 Å². The number of para-hydroxylation sites is 1. The standard InChI is InChI=1S/C23H21N3O4/c24-22(28)14-9-11-15(12-10-14)25-20(27)13-30-23(29)21-16-5-1-3-7-18(16)26-19-8-4-2-6-17(19)21/h1,3,5,7,9-12H,2,4,6,8,13H2,(H2,24,28)(H,25,27). The van der Waals surface area contributed by atoms with Crippen LogP contribution in [0.1, 0.15) is 44.8 Å². The zero-order valence-electron chi connectivity index (χ0n) is 16.3. The van der Waals surface area contributed by atoms with Crippen molar-refractivity contribution in [3.63, 3.8) is 0 Å². The Hall–Kier alpha value is -3.74. The molecule has 3 aromatic rings. The summed E-state index contributed by atoms with van der Waals surface area (Å²) in [7, 11) is 0. The molecule has 1 aliphatic carbocycles. The molecule has 2 aromatic carbocycles. The quantitative estimate of drug-likeness (QED) is 0.636. The van der Waals surface area contributed by atoms with Crippen molar-refractivity contribution in [2.45, 2.75) is 25.7 Å². The number of aryl methyl sites for hydroxylation is 1. The van der Waals surface area contributed by atoms with Crippen LogP contribution in [0.3, 0.4) is 0 Å². The molecule has 0 aliphatic heterocycles. The van der Waals surface area contributed by atoms with Crippen LogP contribution in [-0.2, 0) is 22.4 Å². The number of esters is 1. The van der Waals surface area contributed by atoms with Gasteiger partial charge in [0.15, 0.2) is 6.61 Å². The van der Waals surface area contributed by atoms with Crippen molar-refractivity contribution < 1.29 is 19.1 Å². The molecule has 152 valence electrons. The molecular weight excluding hydrogens is 382 g/mol. The number of fused-ring (bicyclic) bond motifs is 2. The summed E-state index contributed by atoms with van der Waals surface area (Å²) >= 11 is 0. The number of rotatable bonds is 5. The minimum atomic E-state index is -0.547. The number of hydrogen-bond acceptors (Lipinski definition) is 5. The minimum Gasteiger partial charge on any atom is -0.452 e. The first-order chi connectivity index (χ1) is 14.5.